The zero-order valence-electron chi connectivity index (χ0n) is 10.4. The second kappa shape index (κ2) is 5.45. The van der Waals surface area contributed by atoms with Crippen LogP contribution in [0.3, 0.4) is 0 Å². The smallest absolute Gasteiger partial charge is 0.345 e. The molecule has 4 amide bonds. The van der Waals surface area contributed by atoms with E-state index in [4.69, 9.17) is 0 Å². The lowest BCUT2D eigenvalue weighted by atomic mass is 10.1. The predicted molar refractivity (Wildman–Crippen MR) is 57.9 cm³/mol. The van der Waals surface area contributed by atoms with E-state index in [1.54, 1.807) is 19.2 Å². The maximum absolute atomic E-state index is 11.9. The van der Waals surface area contributed by atoms with Crippen molar-refractivity contribution in [3.8, 4) is 0 Å². The quantitative estimate of drug-likeness (QED) is 0.725. The van der Waals surface area contributed by atoms with Crippen molar-refractivity contribution < 1.29 is 27.6 Å². The van der Waals surface area contributed by atoms with E-state index in [0.29, 0.717) is 4.90 Å². The molecule has 6 nitrogen and oxygen atoms in total. The number of carbonyl (C=O) groups is 3. The molecule has 0 saturated carbocycles. The lowest BCUT2D eigenvalue weighted by Crippen LogP contribution is -2.43. The summed E-state index contributed by atoms with van der Waals surface area (Å²) in [5.41, 5.74) is 0. The molecule has 0 unspecified atom stereocenters. The van der Waals surface area contributed by atoms with E-state index in [0.717, 1.165) is 0 Å². The summed E-state index contributed by atoms with van der Waals surface area (Å²) in [5.74, 6) is -1.81. The molecule has 0 radical (unpaired) electrons. The molecule has 0 spiro atoms. The number of hydrogen-bond donors (Lipinski definition) is 2. The first-order valence-corrected chi connectivity index (χ1v) is 5.57. The monoisotopic (exact) mass is 281 g/mol. The standard InChI is InChI=1S/C10H14F3N3O3/c1-5(2)7-8(18)16(9(19)15-7)3-6(17)14-4-10(11,12)13/h5,7H,3-4H2,1-2H3,(H,14,17)(H,15,19)/t7-/m1/s1. The van der Waals surface area contributed by atoms with Crippen LogP contribution in [-0.2, 0) is 9.59 Å². The molecular formula is C10H14F3N3O3. The van der Waals surface area contributed by atoms with Crippen molar-refractivity contribution in [3.05, 3.63) is 0 Å². The van der Waals surface area contributed by atoms with Gasteiger partial charge in [0.05, 0.1) is 0 Å². The highest BCUT2D eigenvalue weighted by Crippen LogP contribution is 2.14. The number of carbonyl (C=O) groups excluding carboxylic acids is 3. The van der Waals surface area contributed by atoms with Crippen molar-refractivity contribution in [2.75, 3.05) is 13.1 Å². The minimum absolute atomic E-state index is 0.167. The highest BCUT2D eigenvalue weighted by molar-refractivity contribution is 6.06. The minimum Gasteiger partial charge on any atom is -0.345 e. The molecule has 1 atom stereocenters. The lowest BCUT2D eigenvalue weighted by Gasteiger charge is -2.14. The first-order chi connectivity index (χ1) is 8.61. The van der Waals surface area contributed by atoms with Crippen molar-refractivity contribution >= 4 is 17.8 Å². The number of hydrogen-bond acceptors (Lipinski definition) is 3. The van der Waals surface area contributed by atoms with Gasteiger partial charge in [-0.1, -0.05) is 13.8 Å². The van der Waals surface area contributed by atoms with Crippen LogP contribution in [0.1, 0.15) is 13.8 Å². The summed E-state index contributed by atoms with van der Waals surface area (Å²) in [4.78, 5) is 35.0. The summed E-state index contributed by atoms with van der Waals surface area (Å²) in [7, 11) is 0. The Balaban J connectivity index is 2.55. The van der Waals surface area contributed by atoms with Gasteiger partial charge < -0.3 is 10.6 Å². The van der Waals surface area contributed by atoms with Gasteiger partial charge in [0.2, 0.25) is 5.91 Å². The van der Waals surface area contributed by atoms with Gasteiger partial charge in [0.25, 0.3) is 5.91 Å². The summed E-state index contributed by atoms with van der Waals surface area (Å²) in [6.07, 6.45) is -4.53. The number of halogens is 3. The predicted octanol–water partition coefficient (Wildman–Crippen LogP) is 0.241. The number of nitrogens with one attached hydrogen (secondary N) is 2. The molecule has 1 aliphatic heterocycles. The molecule has 1 fully saturated rings. The Labute approximate surface area is 107 Å². The molecule has 1 heterocycles. The SMILES string of the molecule is CC(C)[C@H]1NC(=O)N(CC(=O)NCC(F)(F)F)C1=O. The summed E-state index contributed by atoms with van der Waals surface area (Å²) in [5, 5.41) is 3.96. The summed E-state index contributed by atoms with van der Waals surface area (Å²) in [6.45, 7) is 1.19. The van der Waals surface area contributed by atoms with E-state index >= 15 is 0 Å². The number of alkyl halides is 3. The summed E-state index contributed by atoms with van der Waals surface area (Å²) >= 11 is 0. The van der Waals surface area contributed by atoms with Crippen molar-refractivity contribution in [1.82, 2.24) is 15.5 Å². The maximum atomic E-state index is 11.9. The highest BCUT2D eigenvalue weighted by atomic mass is 19.4. The largest absolute Gasteiger partial charge is 0.405 e. The highest BCUT2D eigenvalue weighted by Gasteiger charge is 2.40. The fraction of sp³-hybridized carbons (Fsp3) is 0.700. The van der Waals surface area contributed by atoms with Crippen LogP contribution in [0.5, 0.6) is 0 Å². The Morgan fingerprint density at radius 3 is 2.42 bits per heavy atom. The van der Waals surface area contributed by atoms with Crippen molar-refractivity contribution in [2.24, 2.45) is 5.92 Å². The molecule has 9 heteroatoms. The molecule has 0 aliphatic carbocycles. The van der Waals surface area contributed by atoms with Gasteiger partial charge in [-0.25, -0.2) is 4.79 Å². The molecule has 19 heavy (non-hydrogen) atoms. The average Bonchev–Trinajstić information content (AvgIpc) is 2.53. The van der Waals surface area contributed by atoms with E-state index in [-0.39, 0.29) is 5.92 Å². The van der Waals surface area contributed by atoms with Gasteiger partial charge in [0.1, 0.15) is 19.1 Å². The number of imide groups is 1. The van der Waals surface area contributed by atoms with E-state index in [9.17, 15) is 27.6 Å². The molecular weight excluding hydrogens is 267 g/mol. The van der Waals surface area contributed by atoms with Gasteiger partial charge in [-0.15, -0.1) is 0 Å². The number of amides is 4. The van der Waals surface area contributed by atoms with Crippen LogP contribution in [0.4, 0.5) is 18.0 Å². The molecule has 1 rings (SSSR count). The summed E-state index contributed by atoms with van der Waals surface area (Å²) < 4.78 is 35.6. The number of urea groups is 1. The number of nitrogens with zero attached hydrogens (tertiary/aromatic N) is 1. The zero-order chi connectivity index (χ0) is 14.8. The topological polar surface area (TPSA) is 78.5 Å². The molecule has 0 bridgehead atoms. The Hall–Kier alpha value is -1.80. The van der Waals surface area contributed by atoms with Crippen molar-refractivity contribution in [3.63, 3.8) is 0 Å². The van der Waals surface area contributed by atoms with Gasteiger partial charge in [-0.3, -0.25) is 14.5 Å². The molecule has 2 N–H and O–H groups in total. The third kappa shape index (κ3) is 4.11. The molecule has 0 aromatic heterocycles. The van der Waals surface area contributed by atoms with Crippen molar-refractivity contribution in [2.45, 2.75) is 26.1 Å². The van der Waals surface area contributed by atoms with Gasteiger partial charge in [0, 0.05) is 0 Å². The third-order valence-electron chi connectivity index (χ3n) is 2.51. The van der Waals surface area contributed by atoms with Crippen LogP contribution < -0.4 is 10.6 Å². The molecule has 108 valence electrons. The molecule has 1 saturated heterocycles. The molecule has 1 aliphatic rings. The van der Waals surface area contributed by atoms with Crippen molar-refractivity contribution in [1.29, 1.82) is 0 Å². The van der Waals surface area contributed by atoms with Crippen LogP contribution in [0.15, 0.2) is 0 Å². The van der Waals surface area contributed by atoms with Gasteiger partial charge in [-0.2, -0.15) is 13.2 Å². The fourth-order valence-electron chi connectivity index (χ4n) is 1.54. The fourth-order valence-corrected chi connectivity index (χ4v) is 1.54. The number of rotatable bonds is 4. The maximum Gasteiger partial charge on any atom is 0.405 e. The van der Waals surface area contributed by atoms with E-state index in [1.165, 1.54) is 0 Å². The van der Waals surface area contributed by atoms with E-state index in [2.05, 4.69) is 5.32 Å². The minimum atomic E-state index is -4.53. The molecule has 0 aromatic rings. The van der Waals surface area contributed by atoms with Crippen LogP contribution in [-0.4, -0.2) is 48.1 Å². The van der Waals surface area contributed by atoms with E-state index in [1.807, 2.05) is 0 Å². The zero-order valence-corrected chi connectivity index (χ0v) is 10.4. The summed E-state index contributed by atoms with van der Waals surface area (Å²) in [6, 6.07) is -1.52. The van der Waals surface area contributed by atoms with Gasteiger partial charge >= 0.3 is 12.2 Å². The Kier molecular flexibility index (Phi) is 4.38. The van der Waals surface area contributed by atoms with Gasteiger partial charge in [0.15, 0.2) is 0 Å². The van der Waals surface area contributed by atoms with E-state index < -0.39 is 43.2 Å². The van der Waals surface area contributed by atoms with Crippen LogP contribution in [0.2, 0.25) is 0 Å². The normalized spacial score (nSPS) is 19.9. The molecule has 0 aromatic carbocycles. The Morgan fingerprint density at radius 2 is 2.00 bits per heavy atom. The first kappa shape index (κ1) is 15.3. The first-order valence-electron chi connectivity index (χ1n) is 5.57. The van der Waals surface area contributed by atoms with Crippen LogP contribution >= 0.6 is 0 Å². The Bertz CT molecular complexity index is 395. The second-order valence-electron chi connectivity index (χ2n) is 4.49. The van der Waals surface area contributed by atoms with Crippen LogP contribution in [0.25, 0.3) is 0 Å². The van der Waals surface area contributed by atoms with Crippen LogP contribution in [0, 0.1) is 5.92 Å². The lowest BCUT2D eigenvalue weighted by molar-refractivity contribution is -0.140. The third-order valence-corrected chi connectivity index (χ3v) is 2.51. The average molecular weight is 281 g/mol. The Morgan fingerprint density at radius 1 is 1.42 bits per heavy atom. The van der Waals surface area contributed by atoms with Gasteiger partial charge in [-0.05, 0) is 5.92 Å². The second-order valence-corrected chi connectivity index (χ2v) is 4.49.